The van der Waals surface area contributed by atoms with Gasteiger partial charge in [-0.25, -0.2) is 0 Å². The van der Waals surface area contributed by atoms with Crippen LogP contribution in [0.1, 0.15) is 52.9 Å². The molecular weight excluding hydrogens is 226 g/mol. The summed E-state index contributed by atoms with van der Waals surface area (Å²) in [6.45, 7) is 9.70. The summed E-state index contributed by atoms with van der Waals surface area (Å²) in [4.78, 5) is 14.3. The van der Waals surface area contributed by atoms with Crippen LogP contribution in [0.2, 0.25) is 0 Å². The Bertz CT molecular complexity index is 250. The Labute approximate surface area is 112 Å². The van der Waals surface area contributed by atoms with E-state index in [2.05, 4.69) is 25.7 Å². The molecule has 0 aliphatic carbocycles. The lowest BCUT2D eigenvalue weighted by Crippen LogP contribution is -2.36. The van der Waals surface area contributed by atoms with Crippen LogP contribution in [0.15, 0.2) is 0 Å². The van der Waals surface area contributed by atoms with E-state index in [1.54, 1.807) is 0 Å². The van der Waals surface area contributed by atoms with Gasteiger partial charge in [-0.3, -0.25) is 4.79 Å². The van der Waals surface area contributed by atoms with Crippen LogP contribution in [0.3, 0.4) is 0 Å². The van der Waals surface area contributed by atoms with E-state index in [1.165, 1.54) is 32.8 Å². The van der Waals surface area contributed by atoms with Gasteiger partial charge < -0.3 is 9.64 Å². The first-order chi connectivity index (χ1) is 8.42. The van der Waals surface area contributed by atoms with Crippen LogP contribution in [-0.4, -0.2) is 37.6 Å². The summed E-state index contributed by atoms with van der Waals surface area (Å²) in [5.74, 6) is -0.0257. The van der Waals surface area contributed by atoms with Gasteiger partial charge in [0.1, 0.15) is 0 Å². The highest BCUT2D eigenvalue weighted by Gasteiger charge is 2.27. The van der Waals surface area contributed by atoms with Crippen LogP contribution in [0.5, 0.6) is 0 Å². The molecule has 1 unspecified atom stereocenters. The van der Waals surface area contributed by atoms with Crippen LogP contribution >= 0.6 is 0 Å². The predicted octanol–water partition coefficient (Wildman–Crippen LogP) is 3.09. The van der Waals surface area contributed by atoms with Crippen molar-refractivity contribution in [3.63, 3.8) is 0 Å². The average molecular weight is 255 g/mol. The summed E-state index contributed by atoms with van der Waals surface area (Å²) in [5.41, 5.74) is 0.171. The number of rotatable bonds is 4. The molecule has 3 heteroatoms. The SMILES string of the molecule is COC(=O)C(CN1CCCCCC1)CC(C)(C)C. The van der Waals surface area contributed by atoms with Crippen LogP contribution in [0.25, 0.3) is 0 Å². The number of methoxy groups -OCH3 is 1. The summed E-state index contributed by atoms with van der Waals surface area (Å²) in [6.07, 6.45) is 6.10. The highest BCUT2D eigenvalue weighted by atomic mass is 16.5. The fourth-order valence-electron chi connectivity index (χ4n) is 2.76. The highest BCUT2D eigenvalue weighted by Crippen LogP contribution is 2.26. The van der Waals surface area contributed by atoms with Crippen molar-refractivity contribution in [1.82, 2.24) is 4.90 Å². The molecule has 1 saturated heterocycles. The standard InChI is InChI=1S/C15H29NO2/c1-15(2,3)11-13(14(17)18-4)12-16-9-7-5-6-8-10-16/h13H,5-12H2,1-4H3. The number of likely N-dealkylation sites (tertiary alicyclic amines) is 1. The Morgan fingerprint density at radius 2 is 1.72 bits per heavy atom. The Balaban J connectivity index is 2.56. The maximum absolute atomic E-state index is 11.9. The van der Waals surface area contributed by atoms with Crippen molar-refractivity contribution >= 4 is 5.97 Å². The second kappa shape index (κ2) is 7.13. The minimum absolute atomic E-state index is 0.0214. The van der Waals surface area contributed by atoms with E-state index >= 15 is 0 Å². The van der Waals surface area contributed by atoms with Crippen molar-refractivity contribution in [2.24, 2.45) is 11.3 Å². The predicted molar refractivity (Wildman–Crippen MR) is 74.5 cm³/mol. The largest absolute Gasteiger partial charge is 0.469 e. The maximum atomic E-state index is 11.9. The first-order valence-corrected chi connectivity index (χ1v) is 7.22. The maximum Gasteiger partial charge on any atom is 0.309 e. The third kappa shape index (κ3) is 5.85. The molecule has 0 aromatic carbocycles. The van der Waals surface area contributed by atoms with Crippen molar-refractivity contribution in [2.75, 3.05) is 26.7 Å². The smallest absolute Gasteiger partial charge is 0.309 e. The van der Waals surface area contributed by atoms with Crippen LogP contribution < -0.4 is 0 Å². The third-order valence-corrected chi connectivity index (χ3v) is 3.57. The topological polar surface area (TPSA) is 29.5 Å². The van der Waals surface area contributed by atoms with Gasteiger partial charge in [0.15, 0.2) is 0 Å². The molecule has 0 aromatic rings. The molecule has 1 fully saturated rings. The molecule has 18 heavy (non-hydrogen) atoms. The number of carbonyl (C=O) groups excluding carboxylic acids is 1. The Morgan fingerprint density at radius 3 is 2.17 bits per heavy atom. The first kappa shape index (κ1) is 15.5. The lowest BCUT2D eigenvalue weighted by Gasteiger charge is -2.29. The number of ether oxygens (including phenoxy) is 1. The van der Waals surface area contributed by atoms with E-state index < -0.39 is 0 Å². The van der Waals surface area contributed by atoms with E-state index in [0.717, 1.165) is 26.1 Å². The molecule has 0 spiro atoms. The number of hydrogen-bond donors (Lipinski definition) is 0. The van der Waals surface area contributed by atoms with Crippen LogP contribution in [0, 0.1) is 11.3 Å². The zero-order valence-electron chi connectivity index (χ0n) is 12.5. The van der Waals surface area contributed by atoms with Gasteiger partial charge in [-0.1, -0.05) is 33.6 Å². The van der Waals surface area contributed by atoms with Gasteiger partial charge in [-0.2, -0.15) is 0 Å². The molecule has 1 heterocycles. The Hall–Kier alpha value is -0.570. The molecular formula is C15H29NO2. The van der Waals surface area contributed by atoms with Gasteiger partial charge in [0, 0.05) is 6.54 Å². The van der Waals surface area contributed by atoms with E-state index in [-0.39, 0.29) is 17.3 Å². The molecule has 1 atom stereocenters. The summed E-state index contributed by atoms with van der Waals surface area (Å²) >= 11 is 0. The molecule has 1 rings (SSSR count). The molecule has 0 aromatic heterocycles. The third-order valence-electron chi connectivity index (χ3n) is 3.57. The molecule has 0 radical (unpaired) electrons. The lowest BCUT2D eigenvalue weighted by molar-refractivity contribution is -0.147. The molecule has 0 saturated carbocycles. The quantitative estimate of drug-likeness (QED) is 0.723. The fraction of sp³-hybridized carbons (Fsp3) is 0.933. The minimum atomic E-state index is -0.0471. The monoisotopic (exact) mass is 255 g/mol. The van der Waals surface area contributed by atoms with Gasteiger partial charge in [0.2, 0.25) is 0 Å². The van der Waals surface area contributed by atoms with Crippen molar-refractivity contribution < 1.29 is 9.53 Å². The summed E-state index contributed by atoms with van der Waals surface area (Å²) in [6, 6.07) is 0. The summed E-state index contributed by atoms with van der Waals surface area (Å²) in [5, 5.41) is 0. The number of esters is 1. The second-order valence-electron chi connectivity index (χ2n) is 6.70. The van der Waals surface area contributed by atoms with E-state index in [9.17, 15) is 4.79 Å². The zero-order valence-corrected chi connectivity index (χ0v) is 12.5. The molecule has 0 N–H and O–H groups in total. The van der Waals surface area contributed by atoms with Gasteiger partial charge in [0.25, 0.3) is 0 Å². The zero-order chi connectivity index (χ0) is 13.6. The van der Waals surface area contributed by atoms with E-state index in [1.807, 2.05) is 0 Å². The minimum Gasteiger partial charge on any atom is -0.469 e. The van der Waals surface area contributed by atoms with Gasteiger partial charge in [0.05, 0.1) is 13.0 Å². The van der Waals surface area contributed by atoms with Gasteiger partial charge in [-0.15, -0.1) is 0 Å². The second-order valence-corrected chi connectivity index (χ2v) is 6.70. The van der Waals surface area contributed by atoms with E-state index in [0.29, 0.717) is 0 Å². The molecule has 106 valence electrons. The number of carbonyl (C=O) groups is 1. The summed E-state index contributed by atoms with van der Waals surface area (Å²) in [7, 11) is 1.50. The summed E-state index contributed by atoms with van der Waals surface area (Å²) < 4.78 is 4.97. The molecule has 0 amide bonds. The Kier molecular flexibility index (Phi) is 6.13. The van der Waals surface area contributed by atoms with Crippen molar-refractivity contribution in [3.8, 4) is 0 Å². The number of nitrogens with zero attached hydrogens (tertiary/aromatic N) is 1. The average Bonchev–Trinajstić information content (AvgIpc) is 2.54. The molecule has 1 aliphatic heterocycles. The van der Waals surface area contributed by atoms with Crippen LogP contribution in [-0.2, 0) is 9.53 Å². The normalized spacial score (nSPS) is 20.2. The molecule has 0 bridgehead atoms. The number of hydrogen-bond acceptors (Lipinski definition) is 3. The van der Waals surface area contributed by atoms with Crippen molar-refractivity contribution in [3.05, 3.63) is 0 Å². The Morgan fingerprint density at radius 1 is 1.17 bits per heavy atom. The van der Waals surface area contributed by atoms with Crippen molar-refractivity contribution in [2.45, 2.75) is 52.9 Å². The fourth-order valence-corrected chi connectivity index (χ4v) is 2.76. The van der Waals surface area contributed by atoms with Gasteiger partial charge >= 0.3 is 5.97 Å². The van der Waals surface area contributed by atoms with Crippen molar-refractivity contribution in [1.29, 1.82) is 0 Å². The molecule has 1 aliphatic rings. The highest BCUT2D eigenvalue weighted by molar-refractivity contribution is 5.72. The van der Waals surface area contributed by atoms with E-state index in [4.69, 9.17) is 4.74 Å². The molecule has 3 nitrogen and oxygen atoms in total. The first-order valence-electron chi connectivity index (χ1n) is 7.22. The van der Waals surface area contributed by atoms with Crippen LogP contribution in [0.4, 0.5) is 0 Å². The van der Waals surface area contributed by atoms with Gasteiger partial charge in [-0.05, 0) is 37.8 Å². The lowest BCUT2D eigenvalue weighted by atomic mass is 9.84.